The van der Waals surface area contributed by atoms with Gasteiger partial charge < -0.3 is 7.41 Å². The van der Waals surface area contributed by atoms with Crippen LogP contribution in [0.3, 0.4) is 0 Å². The standard InChI is InChI=1S/C6H5ClO2S.Ba.2H/c7-5-3-1-2-4-6(5)10(8)9;;;/h1-4H,(H,8,9);;;/q;+2;2*-1. The fraction of sp³-hybridized carbons (Fsp3) is 0. The van der Waals surface area contributed by atoms with Crippen molar-refractivity contribution < 1.29 is 11.6 Å². The first-order valence-electron chi connectivity index (χ1n) is 2.57. The quantitative estimate of drug-likeness (QED) is 0.633. The molecule has 2 nitrogen and oxygen atoms in total. The van der Waals surface area contributed by atoms with Gasteiger partial charge in [-0.05, 0) is 12.1 Å². The van der Waals surface area contributed by atoms with Crippen LogP contribution in [0, 0.1) is 0 Å². The molecule has 0 radical (unpaired) electrons. The molecule has 0 saturated heterocycles. The topological polar surface area (TPSA) is 37.3 Å². The maximum atomic E-state index is 10.4. The Morgan fingerprint density at radius 3 is 2.36 bits per heavy atom. The van der Waals surface area contributed by atoms with Gasteiger partial charge in [-0.1, -0.05) is 23.7 Å². The summed E-state index contributed by atoms with van der Waals surface area (Å²) in [5, 5.41) is 0.323. The van der Waals surface area contributed by atoms with Crippen molar-refractivity contribution >= 4 is 71.6 Å². The Hall–Kier alpha value is 1.19. The van der Waals surface area contributed by atoms with Crippen molar-refractivity contribution in [2.45, 2.75) is 4.90 Å². The van der Waals surface area contributed by atoms with Gasteiger partial charge in [-0.3, -0.25) is 0 Å². The summed E-state index contributed by atoms with van der Waals surface area (Å²) in [6.45, 7) is 0. The van der Waals surface area contributed by atoms with Crippen molar-refractivity contribution in [3.63, 3.8) is 0 Å². The molecule has 1 rings (SSSR count). The van der Waals surface area contributed by atoms with Gasteiger partial charge in [0.1, 0.15) is 0 Å². The number of hydrogen-bond donors (Lipinski definition) is 1. The molecule has 0 saturated carbocycles. The number of rotatable bonds is 1. The molecule has 5 heteroatoms. The summed E-state index contributed by atoms with van der Waals surface area (Å²) in [4.78, 5) is 0.254. The molecule has 0 fully saturated rings. The summed E-state index contributed by atoms with van der Waals surface area (Å²) < 4.78 is 19.0. The molecular weight excluding hydrogens is 309 g/mol. The smallest absolute Gasteiger partial charge is 1.00 e. The van der Waals surface area contributed by atoms with Gasteiger partial charge in [0.15, 0.2) is 11.1 Å². The third kappa shape index (κ3) is 3.61. The minimum atomic E-state index is -1.97. The predicted molar refractivity (Wildman–Crippen MR) is 48.5 cm³/mol. The largest absolute Gasteiger partial charge is 2.00 e. The molecule has 58 valence electrons. The van der Waals surface area contributed by atoms with Crippen LogP contribution in [0.4, 0.5) is 0 Å². The van der Waals surface area contributed by atoms with E-state index in [-0.39, 0.29) is 56.6 Å². The predicted octanol–water partition coefficient (Wildman–Crippen LogP) is 1.76. The van der Waals surface area contributed by atoms with Gasteiger partial charge in [-0.2, -0.15) is 0 Å². The van der Waals surface area contributed by atoms with Crippen molar-refractivity contribution in [3.8, 4) is 0 Å². The van der Waals surface area contributed by atoms with E-state index in [1.165, 1.54) is 6.07 Å². The molecule has 0 aliphatic carbocycles. The molecule has 1 aromatic carbocycles. The van der Waals surface area contributed by atoms with Crippen LogP contribution in [0.2, 0.25) is 5.02 Å². The Balaban J connectivity index is -0.000000333. The van der Waals surface area contributed by atoms with Crippen molar-refractivity contribution in [2.75, 3.05) is 0 Å². The zero-order valence-electron chi connectivity index (χ0n) is 7.66. The summed E-state index contributed by atoms with van der Waals surface area (Å²) in [5.41, 5.74) is 0. The molecule has 0 spiro atoms. The van der Waals surface area contributed by atoms with Crippen molar-refractivity contribution in [3.05, 3.63) is 29.3 Å². The zero-order valence-corrected chi connectivity index (χ0v) is 11.7. The Labute approximate surface area is 116 Å². The van der Waals surface area contributed by atoms with Gasteiger partial charge in [0.2, 0.25) is 0 Å². The zero-order chi connectivity index (χ0) is 7.56. The maximum Gasteiger partial charge on any atom is 2.00 e. The summed E-state index contributed by atoms with van der Waals surface area (Å²) in [5.74, 6) is 0. The monoisotopic (exact) mass is 316 g/mol. The first-order chi connectivity index (χ1) is 4.72. The maximum absolute atomic E-state index is 10.4. The van der Waals surface area contributed by atoms with Gasteiger partial charge >= 0.3 is 48.9 Å². The number of hydrogen-bond acceptors (Lipinski definition) is 1. The molecule has 0 aromatic heterocycles. The molecule has 0 aliphatic rings. The van der Waals surface area contributed by atoms with Crippen LogP contribution in [0.5, 0.6) is 0 Å². The van der Waals surface area contributed by atoms with E-state index in [9.17, 15) is 4.21 Å². The fourth-order valence-corrected chi connectivity index (χ4v) is 1.35. The van der Waals surface area contributed by atoms with Crippen molar-refractivity contribution in [2.24, 2.45) is 0 Å². The van der Waals surface area contributed by atoms with Crippen LogP contribution in [0.25, 0.3) is 0 Å². The minimum absolute atomic E-state index is 0. The Kier molecular flexibility index (Phi) is 6.40. The molecule has 1 N–H and O–H groups in total. The first kappa shape index (κ1) is 12.2. The van der Waals surface area contributed by atoms with Gasteiger partial charge in [0, 0.05) is 0 Å². The Morgan fingerprint density at radius 2 is 2.00 bits per heavy atom. The second kappa shape index (κ2) is 5.77. The SMILES string of the molecule is O=S(O)c1ccccc1Cl.[Ba+2].[H-].[H-]. The average molecular weight is 316 g/mol. The number of benzene rings is 1. The molecule has 0 amide bonds. The molecule has 0 bridgehead atoms. The minimum Gasteiger partial charge on any atom is -1.00 e. The van der Waals surface area contributed by atoms with E-state index in [4.69, 9.17) is 16.2 Å². The van der Waals surface area contributed by atoms with Gasteiger partial charge in [0.05, 0.1) is 9.92 Å². The van der Waals surface area contributed by atoms with E-state index < -0.39 is 11.1 Å². The molecule has 11 heavy (non-hydrogen) atoms. The second-order valence-electron chi connectivity index (χ2n) is 1.68. The third-order valence-electron chi connectivity index (χ3n) is 1.02. The summed E-state index contributed by atoms with van der Waals surface area (Å²) in [6, 6.07) is 6.46. The summed E-state index contributed by atoms with van der Waals surface area (Å²) in [6.07, 6.45) is 0. The van der Waals surface area contributed by atoms with Crippen LogP contribution in [0.1, 0.15) is 2.85 Å². The van der Waals surface area contributed by atoms with Crippen LogP contribution >= 0.6 is 11.6 Å². The summed E-state index contributed by atoms with van der Waals surface area (Å²) >= 11 is 3.59. The summed E-state index contributed by atoms with van der Waals surface area (Å²) in [7, 11) is 0. The van der Waals surface area contributed by atoms with Gasteiger partial charge in [-0.15, -0.1) is 0 Å². The van der Waals surface area contributed by atoms with E-state index in [0.29, 0.717) is 5.02 Å². The van der Waals surface area contributed by atoms with E-state index in [0.717, 1.165) is 0 Å². The Bertz CT molecular complexity index is 275. The molecule has 1 atom stereocenters. The first-order valence-corrected chi connectivity index (χ1v) is 4.05. The van der Waals surface area contributed by atoms with Crippen molar-refractivity contribution in [1.29, 1.82) is 0 Å². The Morgan fingerprint density at radius 1 is 1.45 bits per heavy atom. The van der Waals surface area contributed by atoms with Gasteiger partial charge in [0.25, 0.3) is 0 Å². The fourth-order valence-electron chi connectivity index (χ4n) is 0.586. The van der Waals surface area contributed by atoms with Crippen molar-refractivity contribution in [1.82, 2.24) is 0 Å². The number of halogens is 1. The van der Waals surface area contributed by atoms with E-state index in [1.54, 1.807) is 18.2 Å². The average Bonchev–Trinajstić information content (AvgIpc) is 1.88. The van der Waals surface area contributed by atoms with E-state index in [2.05, 4.69) is 0 Å². The normalized spacial score (nSPS) is 11.8. The van der Waals surface area contributed by atoms with Crippen LogP contribution in [-0.4, -0.2) is 57.6 Å². The second-order valence-corrected chi connectivity index (χ2v) is 3.02. The van der Waals surface area contributed by atoms with Crippen LogP contribution < -0.4 is 0 Å². The van der Waals surface area contributed by atoms with Crippen LogP contribution in [-0.2, 0) is 11.1 Å². The van der Waals surface area contributed by atoms with E-state index >= 15 is 0 Å². The molecular formula is C6H7BaClO2S. The van der Waals surface area contributed by atoms with E-state index in [1.807, 2.05) is 0 Å². The van der Waals surface area contributed by atoms with Gasteiger partial charge in [-0.25, -0.2) is 4.21 Å². The third-order valence-corrected chi connectivity index (χ3v) is 2.20. The molecule has 0 aliphatic heterocycles. The molecule has 1 aromatic rings. The molecule has 0 heterocycles. The molecule has 1 unspecified atom stereocenters. The van der Waals surface area contributed by atoms with Crippen LogP contribution in [0.15, 0.2) is 29.2 Å².